The zero-order valence-electron chi connectivity index (χ0n) is 23.7. The molecule has 0 aliphatic carbocycles. The second kappa shape index (κ2) is 11.4. The molecule has 214 valence electrons. The van der Waals surface area contributed by atoms with E-state index in [9.17, 15) is 18.3 Å². The van der Waals surface area contributed by atoms with Crippen LogP contribution in [0.3, 0.4) is 0 Å². The fourth-order valence-corrected chi connectivity index (χ4v) is 6.69. The van der Waals surface area contributed by atoms with E-state index in [0.717, 1.165) is 40.8 Å². The number of carboxylic acids is 1. The van der Waals surface area contributed by atoms with Gasteiger partial charge >= 0.3 is 5.97 Å². The summed E-state index contributed by atoms with van der Waals surface area (Å²) in [4.78, 5) is 12.7. The fraction of sp³-hybridized carbons (Fsp3) is 0.387. The molecule has 2 N–H and O–H groups in total. The van der Waals surface area contributed by atoms with Crippen LogP contribution in [0.5, 0.6) is 5.75 Å². The lowest BCUT2D eigenvalue weighted by Gasteiger charge is -2.31. The minimum absolute atomic E-state index is 0.283. The second-order valence-electron chi connectivity index (χ2n) is 11.3. The number of nitrogens with one attached hydrogen (secondary N) is 1. The van der Waals surface area contributed by atoms with Crippen LogP contribution in [0, 0.1) is 20.8 Å². The van der Waals surface area contributed by atoms with E-state index in [1.807, 2.05) is 32.0 Å². The molecule has 1 atom stereocenters. The molecule has 7 nitrogen and oxygen atoms in total. The number of hydrogen-bond donors (Lipinski definition) is 2. The molecule has 1 heterocycles. The highest BCUT2D eigenvalue weighted by Gasteiger charge is 2.34. The summed E-state index contributed by atoms with van der Waals surface area (Å²) in [5.41, 5.74) is 5.11. The van der Waals surface area contributed by atoms with E-state index in [-0.39, 0.29) is 5.75 Å². The van der Waals surface area contributed by atoms with Gasteiger partial charge in [0.1, 0.15) is 5.75 Å². The number of anilines is 1. The van der Waals surface area contributed by atoms with Gasteiger partial charge in [0.15, 0.2) is 6.10 Å². The number of rotatable bonds is 8. The fourth-order valence-electron chi connectivity index (χ4n) is 5.17. The Morgan fingerprint density at radius 1 is 1.10 bits per heavy atom. The van der Waals surface area contributed by atoms with Crippen LogP contribution in [0.2, 0.25) is 5.02 Å². The van der Waals surface area contributed by atoms with Crippen LogP contribution in [0.15, 0.2) is 42.5 Å². The quantitative estimate of drug-likeness (QED) is 0.291. The maximum atomic E-state index is 13.3. The summed E-state index contributed by atoms with van der Waals surface area (Å²) in [5, 5.41) is 10.8. The first-order valence-corrected chi connectivity index (χ1v) is 15.2. The van der Waals surface area contributed by atoms with Crippen molar-refractivity contribution in [2.45, 2.75) is 71.8 Å². The van der Waals surface area contributed by atoms with Crippen molar-refractivity contribution < 1.29 is 27.8 Å². The number of fused-ring (bicyclic) bond motifs is 1. The van der Waals surface area contributed by atoms with E-state index in [0.29, 0.717) is 39.6 Å². The van der Waals surface area contributed by atoms with Gasteiger partial charge in [0.25, 0.3) is 0 Å². The Labute approximate surface area is 241 Å². The summed E-state index contributed by atoms with van der Waals surface area (Å²) in [6.07, 6.45) is 0.425. The van der Waals surface area contributed by atoms with Crippen molar-refractivity contribution in [3.05, 3.63) is 80.9 Å². The van der Waals surface area contributed by atoms with Crippen LogP contribution in [0.25, 0.3) is 11.1 Å². The van der Waals surface area contributed by atoms with E-state index in [2.05, 4.69) is 4.72 Å². The zero-order chi connectivity index (χ0) is 29.4. The summed E-state index contributed by atoms with van der Waals surface area (Å²) in [6, 6.07) is 12.6. The van der Waals surface area contributed by atoms with Crippen LogP contribution in [-0.4, -0.2) is 31.7 Å². The first-order chi connectivity index (χ1) is 18.7. The molecule has 0 saturated carbocycles. The smallest absolute Gasteiger partial charge is 0.337 e. The highest BCUT2D eigenvalue weighted by molar-refractivity contribution is 7.91. The molecule has 0 saturated heterocycles. The standard InChI is InChI=1S/C31H36ClNO6S/c1-18-19(2)28(33-40(36,37)17-21-9-7-11-24(32)15-21)20(3)27(29(30(34)35)39-31(4,5)6)26(18)23-12-13-25-22(16-23)10-8-14-38-25/h7,9,11-13,15-16,29,33H,8,10,14,17H2,1-6H3,(H,34,35). The Morgan fingerprint density at radius 2 is 1.82 bits per heavy atom. The lowest BCUT2D eigenvalue weighted by atomic mass is 9.84. The van der Waals surface area contributed by atoms with Crippen LogP contribution in [0.4, 0.5) is 5.69 Å². The lowest BCUT2D eigenvalue weighted by Crippen LogP contribution is -2.29. The van der Waals surface area contributed by atoms with E-state index in [1.54, 1.807) is 52.0 Å². The maximum Gasteiger partial charge on any atom is 0.337 e. The number of sulfonamides is 1. The maximum absolute atomic E-state index is 13.3. The number of carbonyl (C=O) groups is 1. The van der Waals surface area contributed by atoms with Crippen LogP contribution in [-0.2, 0) is 31.7 Å². The van der Waals surface area contributed by atoms with Crippen molar-refractivity contribution in [2.24, 2.45) is 0 Å². The molecule has 3 aromatic rings. The van der Waals surface area contributed by atoms with Gasteiger partial charge in [-0.3, -0.25) is 4.72 Å². The van der Waals surface area contributed by atoms with Crippen molar-refractivity contribution in [2.75, 3.05) is 11.3 Å². The molecule has 1 aliphatic rings. The lowest BCUT2D eigenvalue weighted by molar-refractivity contribution is -0.160. The van der Waals surface area contributed by atoms with E-state index < -0.39 is 27.7 Å². The summed E-state index contributed by atoms with van der Waals surface area (Å²) in [5.74, 6) is -0.612. The van der Waals surface area contributed by atoms with E-state index in [4.69, 9.17) is 21.1 Å². The molecule has 9 heteroatoms. The average Bonchev–Trinajstić information content (AvgIpc) is 2.86. The SMILES string of the molecule is Cc1c(C)c(-c2ccc3c(c2)CCCO3)c(C(OC(C)(C)C)C(=O)O)c(C)c1NS(=O)(=O)Cc1cccc(Cl)c1. The Hall–Kier alpha value is -3.07. The van der Waals surface area contributed by atoms with Gasteiger partial charge in [-0.2, -0.15) is 0 Å². The minimum atomic E-state index is -3.87. The molecule has 0 bridgehead atoms. The molecule has 0 radical (unpaired) electrons. The van der Waals surface area contributed by atoms with E-state index >= 15 is 0 Å². The van der Waals surface area contributed by atoms with Gasteiger partial charge in [-0.15, -0.1) is 0 Å². The average molecular weight is 586 g/mol. The summed E-state index contributed by atoms with van der Waals surface area (Å²) in [6.45, 7) is 11.5. The van der Waals surface area contributed by atoms with Gasteiger partial charge < -0.3 is 14.6 Å². The Morgan fingerprint density at radius 3 is 2.48 bits per heavy atom. The third-order valence-corrected chi connectivity index (χ3v) is 8.48. The number of carboxylic acid groups (broad SMARTS) is 1. The third kappa shape index (κ3) is 6.62. The normalized spacial score (nSPS) is 14.3. The molecular weight excluding hydrogens is 550 g/mol. The number of halogens is 1. The van der Waals surface area contributed by atoms with Gasteiger partial charge in [0.2, 0.25) is 10.0 Å². The molecule has 40 heavy (non-hydrogen) atoms. The molecule has 0 spiro atoms. The zero-order valence-corrected chi connectivity index (χ0v) is 25.3. The number of aliphatic carboxylic acids is 1. The Balaban J connectivity index is 1.92. The first-order valence-electron chi connectivity index (χ1n) is 13.2. The largest absolute Gasteiger partial charge is 0.493 e. The number of benzene rings is 3. The molecule has 1 unspecified atom stereocenters. The summed E-state index contributed by atoms with van der Waals surface area (Å²) < 4.78 is 41.3. The van der Waals surface area contributed by atoms with Crippen LogP contribution in [0.1, 0.15) is 66.7 Å². The molecule has 3 aromatic carbocycles. The van der Waals surface area contributed by atoms with Gasteiger partial charge in [-0.1, -0.05) is 29.8 Å². The predicted octanol–water partition coefficient (Wildman–Crippen LogP) is 7.14. The Bertz CT molecular complexity index is 1560. The van der Waals surface area contributed by atoms with Crippen molar-refractivity contribution in [3.8, 4) is 16.9 Å². The molecule has 0 aromatic heterocycles. The monoisotopic (exact) mass is 585 g/mol. The van der Waals surface area contributed by atoms with Crippen LogP contribution >= 0.6 is 11.6 Å². The summed E-state index contributed by atoms with van der Waals surface area (Å²) >= 11 is 6.07. The highest BCUT2D eigenvalue weighted by Crippen LogP contribution is 2.44. The van der Waals surface area contributed by atoms with Gasteiger partial charge in [-0.05, 0) is 118 Å². The predicted molar refractivity (Wildman–Crippen MR) is 159 cm³/mol. The molecule has 1 aliphatic heterocycles. The van der Waals surface area contributed by atoms with Gasteiger partial charge in [0.05, 0.1) is 23.6 Å². The Kier molecular flexibility index (Phi) is 8.54. The molecular formula is C31H36ClNO6S. The molecule has 0 fully saturated rings. The topological polar surface area (TPSA) is 102 Å². The van der Waals surface area contributed by atoms with Crippen molar-refractivity contribution in [1.29, 1.82) is 0 Å². The van der Waals surface area contributed by atoms with Crippen molar-refractivity contribution >= 4 is 33.3 Å². The second-order valence-corrected chi connectivity index (χ2v) is 13.4. The van der Waals surface area contributed by atoms with Crippen LogP contribution < -0.4 is 9.46 Å². The molecule has 0 amide bonds. The number of hydrogen-bond acceptors (Lipinski definition) is 5. The highest BCUT2D eigenvalue weighted by atomic mass is 35.5. The van der Waals surface area contributed by atoms with Gasteiger partial charge in [-0.25, -0.2) is 13.2 Å². The number of aryl methyl sites for hydroxylation is 1. The van der Waals surface area contributed by atoms with E-state index in [1.165, 1.54) is 0 Å². The third-order valence-electron chi connectivity index (χ3n) is 7.02. The molecule has 4 rings (SSSR count). The first kappa shape index (κ1) is 29.9. The van der Waals surface area contributed by atoms with Crippen molar-refractivity contribution in [3.63, 3.8) is 0 Å². The van der Waals surface area contributed by atoms with Gasteiger partial charge in [0, 0.05) is 10.6 Å². The summed E-state index contributed by atoms with van der Waals surface area (Å²) in [7, 11) is -3.87. The van der Waals surface area contributed by atoms with Crippen molar-refractivity contribution in [1.82, 2.24) is 0 Å². The number of ether oxygens (including phenoxy) is 2. The minimum Gasteiger partial charge on any atom is -0.493 e.